The minimum Gasteiger partial charge on any atom is -0.357 e. The minimum absolute atomic E-state index is 0.311. The number of carbonyl (C=O) groups excluding carboxylic acids is 1. The molecule has 0 bridgehead atoms. The van der Waals surface area contributed by atoms with E-state index in [0.29, 0.717) is 41.3 Å². The molecule has 3 N–H and O–H groups in total. The summed E-state index contributed by atoms with van der Waals surface area (Å²) in [7, 11) is 5.79. The first-order valence-electron chi connectivity index (χ1n) is 12.4. The van der Waals surface area contributed by atoms with Gasteiger partial charge in [-0.15, -0.1) is 0 Å². The first kappa shape index (κ1) is 27.2. The third-order valence-electron chi connectivity index (χ3n) is 6.19. The van der Waals surface area contributed by atoms with E-state index in [4.69, 9.17) is 0 Å². The summed E-state index contributed by atoms with van der Waals surface area (Å²) in [6.07, 6.45) is 7.15. The lowest BCUT2D eigenvalue weighted by atomic mass is 10.1. The molecule has 2 fully saturated rings. The van der Waals surface area contributed by atoms with Gasteiger partial charge in [0.1, 0.15) is 4.60 Å². The Labute approximate surface area is 229 Å². The third-order valence-corrected chi connectivity index (χ3v) is 9.83. The second-order valence-electron chi connectivity index (χ2n) is 8.75. The van der Waals surface area contributed by atoms with Crippen LogP contribution >= 0.6 is 37.5 Å². The fourth-order valence-corrected chi connectivity index (χ4v) is 7.52. The summed E-state index contributed by atoms with van der Waals surface area (Å²) in [5, 5.41) is 10.3. The molecule has 4 rings (SSSR count). The number of nitrogens with zero attached hydrogens (tertiary/aromatic N) is 6. The van der Waals surface area contributed by atoms with E-state index in [0.717, 1.165) is 50.1 Å². The molecule has 4 heterocycles. The summed E-state index contributed by atoms with van der Waals surface area (Å²) in [5.74, 6) is 3.00. The quantitative estimate of drug-likeness (QED) is 0.187. The van der Waals surface area contributed by atoms with Crippen LogP contribution in [0.25, 0.3) is 0 Å². The number of rotatable bonds is 12. The maximum absolute atomic E-state index is 12.6. The van der Waals surface area contributed by atoms with Gasteiger partial charge in [-0.2, -0.15) is 15.0 Å². The molecular formula is C23H34BrN9OS2. The molecule has 2 saturated heterocycles. The van der Waals surface area contributed by atoms with Crippen molar-refractivity contribution in [2.24, 2.45) is 0 Å². The number of unbranched alkanes of at least 4 members (excludes halogenated alkanes) is 1. The molecule has 10 nitrogen and oxygen atoms in total. The number of amides is 1. The smallest absolute Gasteiger partial charge is 0.233 e. The van der Waals surface area contributed by atoms with Crippen LogP contribution in [0.1, 0.15) is 32.1 Å². The van der Waals surface area contributed by atoms with E-state index in [2.05, 4.69) is 56.7 Å². The molecule has 2 aliphatic rings. The Bertz CT molecular complexity index is 988. The molecule has 0 aliphatic carbocycles. The van der Waals surface area contributed by atoms with Crippen molar-refractivity contribution in [2.45, 2.75) is 37.4 Å². The van der Waals surface area contributed by atoms with Gasteiger partial charge in [0.15, 0.2) is 0 Å². The van der Waals surface area contributed by atoms with E-state index in [1.165, 1.54) is 25.0 Å². The molecule has 0 aromatic carbocycles. The van der Waals surface area contributed by atoms with Gasteiger partial charge in [-0.25, -0.2) is 4.98 Å². The minimum atomic E-state index is 0.311. The van der Waals surface area contributed by atoms with Crippen LogP contribution in [0.4, 0.5) is 23.5 Å². The second-order valence-corrected chi connectivity index (χ2v) is 12.3. The fraction of sp³-hybridized carbons (Fsp3) is 0.609. The van der Waals surface area contributed by atoms with Gasteiger partial charge in [0, 0.05) is 69.9 Å². The summed E-state index contributed by atoms with van der Waals surface area (Å²) in [4.78, 5) is 34.5. The highest BCUT2D eigenvalue weighted by atomic mass is 79.9. The van der Waals surface area contributed by atoms with Crippen molar-refractivity contribution in [1.82, 2.24) is 29.7 Å². The number of piperazine rings is 1. The molecule has 0 radical (unpaired) electrons. The zero-order chi connectivity index (χ0) is 25.2. The molecule has 1 amide bonds. The van der Waals surface area contributed by atoms with E-state index < -0.39 is 0 Å². The molecule has 13 heteroatoms. The SMILES string of the molecule is CNc1nc(NCCN2CCN(C(=O)CCCCC3CCSS3)CC2)nc(Nc2cccnc2Br)n1. The highest BCUT2D eigenvalue weighted by molar-refractivity contribution is 9.10. The Kier molecular flexibility index (Phi) is 10.7. The van der Waals surface area contributed by atoms with Crippen molar-refractivity contribution >= 4 is 67.0 Å². The highest BCUT2D eigenvalue weighted by Gasteiger charge is 2.21. The third kappa shape index (κ3) is 8.35. The van der Waals surface area contributed by atoms with E-state index >= 15 is 0 Å². The molecule has 2 aliphatic heterocycles. The Morgan fingerprint density at radius 3 is 2.69 bits per heavy atom. The molecule has 2 aromatic heterocycles. The normalized spacial score (nSPS) is 18.3. The number of aromatic nitrogens is 4. The lowest BCUT2D eigenvalue weighted by Gasteiger charge is -2.34. The predicted molar refractivity (Wildman–Crippen MR) is 153 cm³/mol. The molecule has 1 atom stereocenters. The summed E-state index contributed by atoms with van der Waals surface area (Å²) >= 11 is 3.43. The van der Waals surface area contributed by atoms with Crippen LogP contribution in [0.3, 0.4) is 0 Å². The number of anilines is 4. The van der Waals surface area contributed by atoms with E-state index in [1.807, 2.05) is 38.6 Å². The number of carbonyl (C=O) groups is 1. The maximum Gasteiger partial charge on any atom is 0.233 e. The van der Waals surface area contributed by atoms with E-state index in [1.54, 1.807) is 13.2 Å². The number of hydrogen-bond donors (Lipinski definition) is 3. The zero-order valence-electron chi connectivity index (χ0n) is 20.6. The summed E-state index contributed by atoms with van der Waals surface area (Å²) < 4.78 is 0.686. The van der Waals surface area contributed by atoms with Gasteiger partial charge in [-0.1, -0.05) is 28.0 Å². The number of pyridine rings is 1. The summed E-state index contributed by atoms with van der Waals surface area (Å²) in [6, 6.07) is 3.74. The van der Waals surface area contributed by atoms with Crippen LogP contribution in [0, 0.1) is 0 Å². The number of nitrogens with one attached hydrogen (secondary N) is 3. The Hall–Kier alpha value is -1.83. The van der Waals surface area contributed by atoms with Gasteiger partial charge in [0.2, 0.25) is 23.8 Å². The van der Waals surface area contributed by atoms with Crippen molar-refractivity contribution in [1.29, 1.82) is 0 Å². The lowest BCUT2D eigenvalue weighted by molar-refractivity contribution is -0.133. The first-order chi connectivity index (χ1) is 17.6. The summed E-state index contributed by atoms with van der Waals surface area (Å²) in [5.41, 5.74) is 0.774. The molecular weight excluding hydrogens is 562 g/mol. The van der Waals surface area contributed by atoms with Crippen LogP contribution in [-0.4, -0.2) is 93.0 Å². The average molecular weight is 597 g/mol. The molecule has 1 unspecified atom stereocenters. The Morgan fingerprint density at radius 1 is 1.14 bits per heavy atom. The topological polar surface area (TPSA) is 111 Å². The van der Waals surface area contributed by atoms with Gasteiger partial charge >= 0.3 is 0 Å². The Morgan fingerprint density at radius 2 is 1.94 bits per heavy atom. The Balaban J connectivity index is 1.16. The number of hydrogen-bond acceptors (Lipinski definition) is 11. The van der Waals surface area contributed by atoms with E-state index in [-0.39, 0.29) is 0 Å². The molecule has 196 valence electrons. The maximum atomic E-state index is 12.6. The van der Waals surface area contributed by atoms with Crippen LogP contribution in [0.2, 0.25) is 0 Å². The summed E-state index contributed by atoms with van der Waals surface area (Å²) in [6.45, 7) is 4.95. The van der Waals surface area contributed by atoms with Gasteiger partial charge in [0.05, 0.1) is 5.69 Å². The fourth-order valence-electron chi connectivity index (χ4n) is 4.14. The monoisotopic (exact) mass is 595 g/mol. The van der Waals surface area contributed by atoms with E-state index in [9.17, 15) is 4.79 Å². The van der Waals surface area contributed by atoms with Gasteiger partial charge in [0.25, 0.3) is 0 Å². The van der Waals surface area contributed by atoms with Gasteiger partial charge in [-0.05, 0) is 47.3 Å². The van der Waals surface area contributed by atoms with Crippen LogP contribution in [-0.2, 0) is 4.79 Å². The number of halogens is 1. The van der Waals surface area contributed by atoms with Crippen LogP contribution < -0.4 is 16.0 Å². The van der Waals surface area contributed by atoms with Crippen molar-refractivity contribution in [3.8, 4) is 0 Å². The molecule has 0 spiro atoms. The molecule has 0 saturated carbocycles. The molecule has 2 aromatic rings. The lowest BCUT2D eigenvalue weighted by Crippen LogP contribution is -2.49. The average Bonchev–Trinajstić information content (AvgIpc) is 3.42. The largest absolute Gasteiger partial charge is 0.357 e. The van der Waals surface area contributed by atoms with Gasteiger partial charge in [-0.3, -0.25) is 9.69 Å². The van der Waals surface area contributed by atoms with Crippen molar-refractivity contribution < 1.29 is 4.79 Å². The van der Waals surface area contributed by atoms with Crippen LogP contribution in [0.5, 0.6) is 0 Å². The molecule has 36 heavy (non-hydrogen) atoms. The highest BCUT2D eigenvalue weighted by Crippen LogP contribution is 2.39. The van der Waals surface area contributed by atoms with Crippen molar-refractivity contribution in [3.63, 3.8) is 0 Å². The van der Waals surface area contributed by atoms with Gasteiger partial charge < -0.3 is 20.9 Å². The second kappa shape index (κ2) is 14.2. The van der Waals surface area contributed by atoms with Crippen LogP contribution in [0.15, 0.2) is 22.9 Å². The standard InChI is InChI=1S/C23H34BrN9OS2/c1-25-21-29-22(31-23(30-21)28-18-6-4-9-26-20(18)24)27-10-11-32-12-14-33(15-13-32)19(34)7-3-2-5-17-8-16-35-36-17/h4,6,9,17H,2-3,5,7-8,10-16H2,1H3,(H3,25,27,28,29,30,31). The van der Waals surface area contributed by atoms with Crippen molar-refractivity contribution in [2.75, 3.05) is 68.0 Å². The van der Waals surface area contributed by atoms with Crippen molar-refractivity contribution in [3.05, 3.63) is 22.9 Å². The first-order valence-corrected chi connectivity index (χ1v) is 15.6. The predicted octanol–water partition coefficient (Wildman–Crippen LogP) is 4.08. The zero-order valence-corrected chi connectivity index (χ0v) is 23.8.